The van der Waals surface area contributed by atoms with Crippen LogP contribution in [0, 0.1) is 0 Å². The minimum atomic E-state index is -0.556. The van der Waals surface area contributed by atoms with E-state index in [0.29, 0.717) is 24.5 Å². The van der Waals surface area contributed by atoms with Crippen molar-refractivity contribution in [2.24, 2.45) is 5.73 Å². The van der Waals surface area contributed by atoms with Crippen molar-refractivity contribution in [2.75, 3.05) is 18.0 Å². The molecule has 2 unspecified atom stereocenters. The van der Waals surface area contributed by atoms with Gasteiger partial charge >= 0.3 is 0 Å². The molecule has 1 aliphatic rings. The quantitative estimate of drug-likeness (QED) is 0.832. The van der Waals surface area contributed by atoms with Crippen LogP contribution in [0.1, 0.15) is 24.9 Å². The van der Waals surface area contributed by atoms with E-state index in [1.54, 1.807) is 11.8 Å². The SMILES string of the molecule is CC1Oc2ccccc2N(CCC(=O)NCC(N)c2ccccc2)C1=O. The summed E-state index contributed by atoms with van der Waals surface area (Å²) in [5, 5.41) is 2.84. The summed E-state index contributed by atoms with van der Waals surface area (Å²) in [6.45, 7) is 2.37. The van der Waals surface area contributed by atoms with E-state index in [0.717, 1.165) is 5.56 Å². The molecule has 0 bridgehead atoms. The third kappa shape index (κ3) is 4.03. The van der Waals surface area contributed by atoms with Gasteiger partial charge in [0.1, 0.15) is 5.75 Å². The highest BCUT2D eigenvalue weighted by molar-refractivity contribution is 6.00. The predicted molar refractivity (Wildman–Crippen MR) is 99.9 cm³/mol. The topological polar surface area (TPSA) is 84.7 Å². The van der Waals surface area contributed by atoms with E-state index >= 15 is 0 Å². The van der Waals surface area contributed by atoms with Crippen LogP contribution in [-0.2, 0) is 9.59 Å². The van der Waals surface area contributed by atoms with Gasteiger partial charge in [0, 0.05) is 25.6 Å². The molecule has 1 aliphatic heterocycles. The third-order valence-electron chi connectivity index (χ3n) is 4.38. The molecular weight excluding hydrogens is 330 g/mol. The number of nitrogens with zero attached hydrogens (tertiary/aromatic N) is 1. The van der Waals surface area contributed by atoms with E-state index in [2.05, 4.69) is 5.32 Å². The second kappa shape index (κ2) is 8.01. The Hall–Kier alpha value is -2.86. The van der Waals surface area contributed by atoms with Gasteiger partial charge in [0.25, 0.3) is 5.91 Å². The highest BCUT2D eigenvalue weighted by atomic mass is 16.5. The lowest BCUT2D eigenvalue weighted by molar-refractivity contribution is -0.125. The fourth-order valence-corrected chi connectivity index (χ4v) is 2.93. The molecular formula is C20H23N3O3. The summed E-state index contributed by atoms with van der Waals surface area (Å²) >= 11 is 0. The zero-order valence-electron chi connectivity index (χ0n) is 14.7. The summed E-state index contributed by atoms with van der Waals surface area (Å²) < 4.78 is 5.60. The van der Waals surface area contributed by atoms with E-state index in [1.807, 2.05) is 54.6 Å². The monoisotopic (exact) mass is 353 g/mol. The van der Waals surface area contributed by atoms with Gasteiger partial charge in [0.05, 0.1) is 5.69 Å². The van der Waals surface area contributed by atoms with E-state index in [-0.39, 0.29) is 24.3 Å². The van der Waals surface area contributed by atoms with Crippen LogP contribution in [0.25, 0.3) is 0 Å². The number of hydrogen-bond donors (Lipinski definition) is 2. The highest BCUT2D eigenvalue weighted by Gasteiger charge is 2.31. The summed E-state index contributed by atoms with van der Waals surface area (Å²) in [6, 6.07) is 16.7. The van der Waals surface area contributed by atoms with Gasteiger partial charge in [-0.15, -0.1) is 0 Å². The Bertz CT molecular complexity index is 779. The molecule has 0 radical (unpaired) electrons. The molecule has 3 N–H and O–H groups in total. The van der Waals surface area contributed by atoms with Crippen molar-refractivity contribution in [3.8, 4) is 5.75 Å². The van der Waals surface area contributed by atoms with E-state index in [1.165, 1.54) is 0 Å². The zero-order valence-corrected chi connectivity index (χ0v) is 14.7. The fourth-order valence-electron chi connectivity index (χ4n) is 2.93. The van der Waals surface area contributed by atoms with Gasteiger partial charge in [-0.3, -0.25) is 9.59 Å². The third-order valence-corrected chi connectivity index (χ3v) is 4.38. The summed E-state index contributed by atoms with van der Waals surface area (Å²) in [4.78, 5) is 26.2. The number of carbonyl (C=O) groups excluding carboxylic acids is 2. The van der Waals surface area contributed by atoms with Crippen LogP contribution >= 0.6 is 0 Å². The predicted octanol–water partition coefficient (Wildman–Crippen LogP) is 2.01. The largest absolute Gasteiger partial charge is 0.479 e. The summed E-state index contributed by atoms with van der Waals surface area (Å²) in [6.07, 6.45) is -0.353. The van der Waals surface area contributed by atoms with Gasteiger partial charge in [-0.1, -0.05) is 42.5 Å². The number of carbonyl (C=O) groups is 2. The normalized spacial score (nSPS) is 17.2. The van der Waals surface area contributed by atoms with Gasteiger partial charge in [-0.05, 0) is 24.6 Å². The number of hydrogen-bond acceptors (Lipinski definition) is 4. The molecule has 0 saturated heterocycles. The average Bonchev–Trinajstić information content (AvgIpc) is 2.67. The first-order valence-electron chi connectivity index (χ1n) is 8.70. The number of nitrogens with one attached hydrogen (secondary N) is 1. The smallest absolute Gasteiger partial charge is 0.267 e. The average molecular weight is 353 g/mol. The van der Waals surface area contributed by atoms with Crippen LogP contribution in [0.3, 0.4) is 0 Å². The van der Waals surface area contributed by atoms with Crippen LogP contribution in [0.2, 0.25) is 0 Å². The van der Waals surface area contributed by atoms with Crippen LogP contribution in [0.15, 0.2) is 54.6 Å². The van der Waals surface area contributed by atoms with Crippen molar-refractivity contribution >= 4 is 17.5 Å². The molecule has 0 fully saturated rings. The Morgan fingerprint density at radius 1 is 1.19 bits per heavy atom. The Morgan fingerprint density at radius 3 is 2.65 bits per heavy atom. The molecule has 2 aromatic carbocycles. The fraction of sp³-hybridized carbons (Fsp3) is 0.300. The second-order valence-corrected chi connectivity index (χ2v) is 6.29. The summed E-state index contributed by atoms with van der Waals surface area (Å²) in [7, 11) is 0. The first kappa shape index (κ1) is 17.9. The van der Waals surface area contributed by atoms with Crippen LogP contribution in [0.5, 0.6) is 5.75 Å². The van der Waals surface area contributed by atoms with Crippen molar-refractivity contribution in [1.82, 2.24) is 5.32 Å². The Balaban J connectivity index is 1.55. The first-order chi connectivity index (χ1) is 12.6. The zero-order chi connectivity index (χ0) is 18.5. The lowest BCUT2D eigenvalue weighted by atomic mass is 10.1. The van der Waals surface area contributed by atoms with Crippen molar-refractivity contribution in [2.45, 2.75) is 25.5 Å². The maximum Gasteiger partial charge on any atom is 0.267 e. The van der Waals surface area contributed by atoms with Crippen LogP contribution in [-0.4, -0.2) is 31.0 Å². The van der Waals surface area contributed by atoms with Crippen molar-refractivity contribution in [3.05, 3.63) is 60.2 Å². The van der Waals surface area contributed by atoms with Crippen molar-refractivity contribution in [1.29, 1.82) is 0 Å². The van der Waals surface area contributed by atoms with Gasteiger partial charge in [-0.25, -0.2) is 0 Å². The second-order valence-electron chi connectivity index (χ2n) is 6.29. The van der Waals surface area contributed by atoms with E-state index < -0.39 is 6.10 Å². The molecule has 0 aliphatic carbocycles. The molecule has 3 rings (SSSR count). The molecule has 26 heavy (non-hydrogen) atoms. The van der Waals surface area contributed by atoms with E-state index in [9.17, 15) is 9.59 Å². The highest BCUT2D eigenvalue weighted by Crippen LogP contribution is 2.33. The molecule has 2 aromatic rings. The summed E-state index contributed by atoms with van der Waals surface area (Å²) in [5.74, 6) is 0.379. The standard InChI is InChI=1S/C20H23N3O3/c1-14-20(25)23(17-9-5-6-10-18(17)26-14)12-11-19(24)22-13-16(21)15-7-3-2-4-8-15/h2-10,14,16H,11-13,21H2,1H3,(H,22,24). The maximum atomic E-state index is 12.4. The summed E-state index contributed by atoms with van der Waals surface area (Å²) in [5.41, 5.74) is 7.76. The van der Waals surface area contributed by atoms with Gasteiger partial charge in [0.15, 0.2) is 6.10 Å². The Morgan fingerprint density at radius 2 is 1.88 bits per heavy atom. The molecule has 0 saturated carbocycles. The van der Waals surface area contributed by atoms with Gasteiger partial charge in [0.2, 0.25) is 5.91 Å². The minimum Gasteiger partial charge on any atom is -0.479 e. The number of anilines is 1. The Labute approximate surface area is 152 Å². The first-order valence-corrected chi connectivity index (χ1v) is 8.70. The minimum absolute atomic E-state index is 0.138. The van der Waals surface area contributed by atoms with Crippen molar-refractivity contribution < 1.29 is 14.3 Å². The van der Waals surface area contributed by atoms with Crippen molar-refractivity contribution in [3.63, 3.8) is 0 Å². The molecule has 6 heteroatoms. The number of rotatable bonds is 6. The molecule has 136 valence electrons. The molecule has 6 nitrogen and oxygen atoms in total. The Kier molecular flexibility index (Phi) is 5.53. The number of ether oxygens (including phenoxy) is 1. The number of amides is 2. The molecule has 0 aromatic heterocycles. The van der Waals surface area contributed by atoms with Gasteiger partial charge < -0.3 is 20.7 Å². The lowest BCUT2D eigenvalue weighted by Gasteiger charge is -2.32. The molecule has 2 amide bonds. The van der Waals surface area contributed by atoms with Crippen LogP contribution < -0.4 is 20.7 Å². The molecule has 0 spiro atoms. The number of nitrogens with two attached hydrogens (primary N) is 1. The maximum absolute atomic E-state index is 12.4. The van der Waals surface area contributed by atoms with Crippen LogP contribution in [0.4, 0.5) is 5.69 Å². The molecule has 2 atom stereocenters. The van der Waals surface area contributed by atoms with E-state index in [4.69, 9.17) is 10.5 Å². The number of benzene rings is 2. The number of fused-ring (bicyclic) bond motifs is 1. The van der Waals surface area contributed by atoms with Gasteiger partial charge in [-0.2, -0.15) is 0 Å². The lowest BCUT2D eigenvalue weighted by Crippen LogP contribution is -2.46. The molecule has 1 heterocycles. The number of para-hydroxylation sites is 2.